The van der Waals surface area contributed by atoms with E-state index < -0.39 is 31.8 Å². The van der Waals surface area contributed by atoms with Gasteiger partial charge in [-0.15, -0.1) is 0 Å². The second-order valence-electron chi connectivity index (χ2n) is 17.3. The molecular weight excluding hydrogens is 701 g/mol. The molecule has 0 bridgehead atoms. The number of aliphatic hydroxyl groups excluding tert-OH is 4. The minimum absolute atomic E-state index is 0.00988. The number of rotatable bonds is 12. The lowest BCUT2D eigenvalue weighted by Crippen LogP contribution is -2.37. The third-order valence-electron chi connectivity index (χ3n) is 11.9. The lowest BCUT2D eigenvalue weighted by atomic mass is 9.73. The van der Waals surface area contributed by atoms with Gasteiger partial charge in [-0.2, -0.15) is 0 Å². The highest BCUT2D eigenvalue weighted by Gasteiger charge is 2.29. The fourth-order valence-corrected chi connectivity index (χ4v) is 6.98. The molecule has 0 saturated carbocycles. The molecule has 57 heavy (non-hydrogen) atoms. The molecule has 0 unspecified atom stereocenters. The van der Waals surface area contributed by atoms with Crippen LogP contribution in [0.25, 0.3) is 0 Å². The zero-order valence-corrected chi connectivity index (χ0v) is 35.3. The molecular formula is C53H64O4. The van der Waals surface area contributed by atoms with E-state index in [0.29, 0.717) is 0 Å². The predicted molar refractivity (Wildman–Crippen MR) is 238 cm³/mol. The number of hydrogen-bond acceptors (Lipinski definition) is 4. The summed E-state index contributed by atoms with van der Waals surface area (Å²) in [4.78, 5) is 0. The van der Waals surface area contributed by atoms with Crippen LogP contribution in [-0.2, 0) is 21.7 Å². The van der Waals surface area contributed by atoms with Gasteiger partial charge in [-0.3, -0.25) is 0 Å². The second-order valence-corrected chi connectivity index (χ2v) is 17.3. The van der Waals surface area contributed by atoms with Crippen LogP contribution in [0.3, 0.4) is 0 Å². The van der Waals surface area contributed by atoms with Crippen molar-refractivity contribution < 1.29 is 20.4 Å². The largest absolute Gasteiger partial charge is 0.396 e. The summed E-state index contributed by atoms with van der Waals surface area (Å²) in [5.74, 6) is 0. The standard InChI is InChI=1S/2C24H26.C5H12O4/c2*1-23(2,19-12-7-5-8-13-19)21-16-11-17-22(18-21)24(3,4)20-14-9-6-10-15-20;6-1-5(2-7,3-8)4-9/h2*5-18H,1-4H3;6-9H,1-4H2. The van der Waals surface area contributed by atoms with Gasteiger partial charge >= 0.3 is 0 Å². The number of hydrogen-bond donors (Lipinski definition) is 4. The molecule has 0 radical (unpaired) electrons. The maximum absolute atomic E-state index is 8.50. The van der Waals surface area contributed by atoms with E-state index in [1.165, 1.54) is 44.5 Å². The summed E-state index contributed by atoms with van der Waals surface area (Å²) in [6, 6.07) is 61.1. The highest BCUT2D eigenvalue weighted by molar-refractivity contribution is 5.46. The third kappa shape index (κ3) is 10.8. The lowest BCUT2D eigenvalue weighted by molar-refractivity contribution is -0.0328. The molecule has 0 aliphatic rings. The van der Waals surface area contributed by atoms with Crippen molar-refractivity contribution in [1.82, 2.24) is 0 Å². The van der Waals surface area contributed by atoms with E-state index in [1.807, 2.05) is 0 Å². The molecule has 0 heterocycles. The molecule has 0 saturated heterocycles. The van der Waals surface area contributed by atoms with Crippen LogP contribution < -0.4 is 0 Å². The Balaban J connectivity index is 0.000000209. The van der Waals surface area contributed by atoms with E-state index in [4.69, 9.17) is 20.4 Å². The highest BCUT2D eigenvalue weighted by Crippen LogP contribution is 2.38. The quantitative estimate of drug-likeness (QED) is 0.100. The summed E-state index contributed by atoms with van der Waals surface area (Å²) in [5.41, 5.74) is 9.66. The summed E-state index contributed by atoms with van der Waals surface area (Å²) >= 11 is 0. The van der Waals surface area contributed by atoms with Crippen molar-refractivity contribution in [1.29, 1.82) is 0 Å². The molecule has 0 spiro atoms. The van der Waals surface area contributed by atoms with Crippen molar-refractivity contribution in [3.63, 3.8) is 0 Å². The Morgan fingerprint density at radius 3 is 0.596 bits per heavy atom. The van der Waals surface area contributed by atoms with Gasteiger partial charge in [-0.25, -0.2) is 0 Å². The molecule has 0 atom stereocenters. The van der Waals surface area contributed by atoms with Gasteiger partial charge in [0.05, 0.1) is 31.8 Å². The zero-order valence-electron chi connectivity index (χ0n) is 35.3. The first kappa shape index (κ1) is 44.9. The molecule has 0 aliphatic heterocycles. The number of benzene rings is 6. The molecule has 6 rings (SSSR count). The van der Waals surface area contributed by atoms with E-state index >= 15 is 0 Å². The molecule has 6 aromatic rings. The van der Waals surface area contributed by atoms with Crippen molar-refractivity contribution >= 4 is 0 Å². The van der Waals surface area contributed by atoms with E-state index in [1.54, 1.807) is 0 Å². The Labute approximate surface area is 342 Å². The van der Waals surface area contributed by atoms with Crippen molar-refractivity contribution in [2.75, 3.05) is 26.4 Å². The van der Waals surface area contributed by atoms with E-state index in [-0.39, 0.29) is 21.7 Å². The number of aliphatic hydroxyl groups is 4. The average Bonchev–Trinajstić information content (AvgIpc) is 3.26. The first-order valence-corrected chi connectivity index (χ1v) is 20.0. The Kier molecular flexibility index (Phi) is 15.4. The minimum Gasteiger partial charge on any atom is -0.396 e. The molecule has 6 aromatic carbocycles. The Morgan fingerprint density at radius 2 is 0.439 bits per heavy atom. The molecule has 0 fully saturated rings. The van der Waals surface area contributed by atoms with Crippen LogP contribution in [0, 0.1) is 5.41 Å². The van der Waals surface area contributed by atoms with Gasteiger partial charge in [0.25, 0.3) is 0 Å². The summed E-state index contributed by atoms with van der Waals surface area (Å²) in [7, 11) is 0. The fourth-order valence-electron chi connectivity index (χ4n) is 6.98. The topological polar surface area (TPSA) is 80.9 Å². The zero-order chi connectivity index (χ0) is 41.7. The lowest BCUT2D eigenvalue weighted by Gasteiger charge is -2.30. The van der Waals surface area contributed by atoms with Crippen LogP contribution in [-0.4, -0.2) is 46.9 Å². The van der Waals surface area contributed by atoms with E-state index in [0.717, 1.165) is 0 Å². The predicted octanol–water partition coefficient (Wildman–Crippen LogP) is 10.6. The molecule has 0 aromatic heterocycles. The maximum atomic E-state index is 8.50. The maximum Gasteiger partial charge on any atom is 0.0627 e. The van der Waals surface area contributed by atoms with Gasteiger partial charge in [-0.05, 0) is 44.5 Å². The molecule has 4 heteroatoms. The smallest absolute Gasteiger partial charge is 0.0627 e. The van der Waals surface area contributed by atoms with Gasteiger partial charge in [0.1, 0.15) is 0 Å². The van der Waals surface area contributed by atoms with Crippen LogP contribution >= 0.6 is 0 Å². The Bertz CT molecular complexity index is 1770. The summed E-state index contributed by atoms with van der Waals surface area (Å²) in [6.45, 7) is 16.8. The average molecular weight is 765 g/mol. The van der Waals surface area contributed by atoms with Gasteiger partial charge in [0.2, 0.25) is 0 Å². The summed E-state index contributed by atoms with van der Waals surface area (Å²) in [6.07, 6.45) is 0. The monoisotopic (exact) mass is 764 g/mol. The molecule has 0 aliphatic carbocycles. The molecule has 300 valence electrons. The second kappa shape index (κ2) is 19.5. The first-order chi connectivity index (χ1) is 27.1. The van der Waals surface area contributed by atoms with Gasteiger partial charge in [0.15, 0.2) is 0 Å². The van der Waals surface area contributed by atoms with Gasteiger partial charge < -0.3 is 20.4 Å². The van der Waals surface area contributed by atoms with Crippen LogP contribution in [0.1, 0.15) is 99.9 Å². The van der Waals surface area contributed by atoms with Crippen LogP contribution in [0.5, 0.6) is 0 Å². The fraction of sp³-hybridized carbons (Fsp3) is 0.321. The Hall–Kier alpha value is -4.84. The summed E-state index contributed by atoms with van der Waals surface area (Å²) in [5, 5.41) is 34.0. The van der Waals surface area contributed by atoms with Crippen molar-refractivity contribution in [3.8, 4) is 0 Å². The van der Waals surface area contributed by atoms with Crippen molar-refractivity contribution in [2.24, 2.45) is 5.41 Å². The van der Waals surface area contributed by atoms with Crippen LogP contribution in [0.4, 0.5) is 0 Å². The molecule has 0 amide bonds. The van der Waals surface area contributed by atoms with Gasteiger partial charge in [-0.1, -0.05) is 225 Å². The van der Waals surface area contributed by atoms with Gasteiger partial charge in [0, 0.05) is 21.7 Å². The van der Waals surface area contributed by atoms with Crippen molar-refractivity contribution in [2.45, 2.75) is 77.0 Å². The molecule has 4 nitrogen and oxygen atoms in total. The summed E-state index contributed by atoms with van der Waals surface area (Å²) < 4.78 is 0. The van der Waals surface area contributed by atoms with E-state index in [9.17, 15) is 0 Å². The van der Waals surface area contributed by atoms with Crippen LogP contribution in [0.2, 0.25) is 0 Å². The van der Waals surface area contributed by atoms with E-state index in [2.05, 4.69) is 225 Å². The first-order valence-electron chi connectivity index (χ1n) is 20.0. The Morgan fingerprint density at radius 1 is 0.263 bits per heavy atom. The minimum atomic E-state index is -1.11. The third-order valence-corrected chi connectivity index (χ3v) is 11.9. The highest BCUT2D eigenvalue weighted by atomic mass is 16.3. The molecule has 4 N–H and O–H groups in total. The van der Waals surface area contributed by atoms with Crippen LogP contribution in [0.15, 0.2) is 170 Å². The normalized spacial score (nSPS) is 12.1. The van der Waals surface area contributed by atoms with Crippen molar-refractivity contribution in [3.05, 3.63) is 214 Å². The SMILES string of the molecule is CC(C)(c1ccccc1)c1cccc(C(C)(C)c2ccccc2)c1.CC(C)(c1ccccc1)c1cccc(C(C)(C)c2ccccc2)c1.OCC(CO)(CO)CO.